The van der Waals surface area contributed by atoms with Gasteiger partial charge in [0.15, 0.2) is 40.5 Å². The van der Waals surface area contributed by atoms with Gasteiger partial charge in [0.25, 0.3) is 0 Å². The average molecular weight is 706 g/mol. The van der Waals surface area contributed by atoms with E-state index in [4.69, 9.17) is 24.4 Å². The van der Waals surface area contributed by atoms with Gasteiger partial charge in [-0.3, -0.25) is 0 Å². The molecule has 0 fully saturated rings. The van der Waals surface area contributed by atoms with Crippen LogP contribution in [-0.2, 0) is 5.41 Å². The first kappa shape index (κ1) is 31.2. The number of rotatable bonds is 5. The van der Waals surface area contributed by atoms with Crippen LogP contribution < -0.4 is 9.47 Å². The van der Waals surface area contributed by atoms with Gasteiger partial charge in [0.2, 0.25) is 0 Å². The summed E-state index contributed by atoms with van der Waals surface area (Å²) >= 11 is 0. The van der Waals surface area contributed by atoms with Crippen molar-refractivity contribution in [2.75, 3.05) is 0 Å². The predicted molar refractivity (Wildman–Crippen MR) is 218 cm³/mol. The van der Waals surface area contributed by atoms with E-state index in [-0.39, 0.29) is 0 Å². The van der Waals surface area contributed by atoms with E-state index in [1.165, 1.54) is 16.7 Å². The van der Waals surface area contributed by atoms with Crippen molar-refractivity contribution in [2.45, 2.75) is 5.41 Å². The molecule has 258 valence electrons. The number of ether oxygens (including phenoxy) is 2. The Hall–Kier alpha value is -7.37. The van der Waals surface area contributed by atoms with E-state index in [0.29, 0.717) is 40.5 Å². The van der Waals surface area contributed by atoms with Crippen LogP contribution in [0.25, 0.3) is 56.1 Å². The molecule has 5 heteroatoms. The summed E-state index contributed by atoms with van der Waals surface area (Å²) in [7, 11) is 0. The molecule has 0 unspecified atom stereocenters. The minimum Gasteiger partial charge on any atom is -0.449 e. The van der Waals surface area contributed by atoms with Crippen LogP contribution in [0.5, 0.6) is 23.0 Å². The van der Waals surface area contributed by atoms with Crippen molar-refractivity contribution in [1.29, 1.82) is 0 Å². The minimum absolute atomic E-state index is 0.546. The van der Waals surface area contributed by atoms with Crippen LogP contribution in [-0.4, -0.2) is 15.0 Å². The summed E-state index contributed by atoms with van der Waals surface area (Å²) in [6, 6.07) is 64.9. The van der Waals surface area contributed by atoms with Gasteiger partial charge in [0.05, 0.1) is 5.41 Å². The normalized spacial score (nSPS) is 13.2. The standard InChI is InChI=1S/C50H31N3O2/c1-4-16-33(17-5-1)47-51-48(53-49(52-47)38-25-14-18-32-15-10-11-23-37(32)38)34-27-29-42-44(31-34)55-46-43(54-42)30-28-41-45(46)39-24-12-13-26-40(39)50(41,35-19-6-2-7-20-35)36-21-8-3-9-22-36/h1-31H. The van der Waals surface area contributed by atoms with E-state index in [0.717, 1.165) is 44.2 Å². The molecule has 0 N–H and O–H groups in total. The Morgan fingerprint density at radius 1 is 0.382 bits per heavy atom. The van der Waals surface area contributed by atoms with Crippen molar-refractivity contribution in [3.63, 3.8) is 0 Å². The molecule has 2 aliphatic rings. The second-order valence-electron chi connectivity index (χ2n) is 13.9. The van der Waals surface area contributed by atoms with Crippen LogP contribution in [0, 0.1) is 0 Å². The quantitative estimate of drug-likeness (QED) is 0.178. The lowest BCUT2D eigenvalue weighted by atomic mass is 9.68. The highest BCUT2D eigenvalue weighted by Crippen LogP contribution is 2.62. The van der Waals surface area contributed by atoms with Crippen LogP contribution >= 0.6 is 0 Å². The first-order valence-electron chi connectivity index (χ1n) is 18.4. The third kappa shape index (κ3) is 4.83. The van der Waals surface area contributed by atoms with Crippen LogP contribution in [0.1, 0.15) is 22.3 Å². The zero-order chi connectivity index (χ0) is 36.3. The van der Waals surface area contributed by atoms with Crippen LogP contribution in [0.2, 0.25) is 0 Å². The third-order valence-electron chi connectivity index (χ3n) is 10.9. The van der Waals surface area contributed by atoms with E-state index >= 15 is 0 Å². The van der Waals surface area contributed by atoms with Gasteiger partial charge < -0.3 is 9.47 Å². The highest BCUT2D eigenvalue weighted by Gasteiger charge is 2.48. The van der Waals surface area contributed by atoms with Gasteiger partial charge in [-0.1, -0.05) is 164 Å². The Morgan fingerprint density at radius 3 is 1.76 bits per heavy atom. The molecule has 8 aromatic carbocycles. The fraction of sp³-hybridized carbons (Fsp3) is 0.0200. The number of fused-ring (bicyclic) bond motifs is 7. The average Bonchev–Trinajstić information content (AvgIpc) is 3.57. The molecule has 9 aromatic rings. The summed E-state index contributed by atoms with van der Waals surface area (Å²) in [6.07, 6.45) is 0. The molecule has 55 heavy (non-hydrogen) atoms. The molecule has 1 aromatic heterocycles. The second-order valence-corrected chi connectivity index (χ2v) is 13.9. The molecule has 0 spiro atoms. The summed E-state index contributed by atoms with van der Waals surface area (Å²) in [6.45, 7) is 0. The predicted octanol–water partition coefficient (Wildman–Crippen LogP) is 12.3. The minimum atomic E-state index is -0.550. The Balaban J connectivity index is 1.08. The number of benzene rings is 8. The first-order valence-corrected chi connectivity index (χ1v) is 18.4. The maximum Gasteiger partial charge on any atom is 0.178 e. The summed E-state index contributed by atoms with van der Waals surface area (Å²) in [4.78, 5) is 15.1. The first-order chi connectivity index (χ1) is 27.3. The topological polar surface area (TPSA) is 57.1 Å². The monoisotopic (exact) mass is 705 g/mol. The fourth-order valence-electron chi connectivity index (χ4n) is 8.47. The number of aromatic nitrogens is 3. The zero-order valence-electron chi connectivity index (χ0n) is 29.6. The lowest BCUT2D eigenvalue weighted by Crippen LogP contribution is -2.28. The third-order valence-corrected chi connectivity index (χ3v) is 10.9. The largest absolute Gasteiger partial charge is 0.449 e. The second kappa shape index (κ2) is 12.4. The Morgan fingerprint density at radius 2 is 0.982 bits per heavy atom. The summed E-state index contributed by atoms with van der Waals surface area (Å²) in [5, 5.41) is 2.20. The van der Waals surface area contributed by atoms with Crippen molar-refractivity contribution < 1.29 is 9.47 Å². The lowest BCUT2D eigenvalue weighted by molar-refractivity contribution is 0.360. The van der Waals surface area contributed by atoms with Crippen molar-refractivity contribution in [2.24, 2.45) is 0 Å². The maximum absolute atomic E-state index is 7.00. The van der Waals surface area contributed by atoms with E-state index < -0.39 is 5.41 Å². The van der Waals surface area contributed by atoms with Crippen molar-refractivity contribution in [1.82, 2.24) is 15.0 Å². The number of hydrogen-bond donors (Lipinski definition) is 0. The van der Waals surface area contributed by atoms with Gasteiger partial charge in [-0.05, 0) is 62.9 Å². The molecule has 0 saturated heterocycles. The molecular weight excluding hydrogens is 675 g/mol. The molecule has 2 heterocycles. The van der Waals surface area contributed by atoms with E-state index in [9.17, 15) is 0 Å². The molecule has 0 amide bonds. The maximum atomic E-state index is 7.00. The molecule has 0 radical (unpaired) electrons. The van der Waals surface area contributed by atoms with Crippen LogP contribution in [0.3, 0.4) is 0 Å². The lowest BCUT2D eigenvalue weighted by Gasteiger charge is -2.34. The van der Waals surface area contributed by atoms with E-state index in [1.807, 2.05) is 72.8 Å². The molecular formula is C50H31N3O2. The highest BCUT2D eigenvalue weighted by molar-refractivity contribution is 5.95. The number of nitrogens with zero attached hydrogens (tertiary/aromatic N) is 3. The van der Waals surface area contributed by atoms with Crippen molar-refractivity contribution in [3.05, 3.63) is 210 Å². The molecule has 0 atom stereocenters. The van der Waals surface area contributed by atoms with Crippen molar-refractivity contribution in [3.8, 4) is 68.3 Å². The fourth-order valence-corrected chi connectivity index (χ4v) is 8.47. The van der Waals surface area contributed by atoms with Gasteiger partial charge in [-0.15, -0.1) is 0 Å². The van der Waals surface area contributed by atoms with Gasteiger partial charge in [0, 0.05) is 22.3 Å². The van der Waals surface area contributed by atoms with Gasteiger partial charge >= 0.3 is 0 Å². The van der Waals surface area contributed by atoms with Gasteiger partial charge in [-0.25, -0.2) is 15.0 Å². The van der Waals surface area contributed by atoms with Gasteiger partial charge in [-0.2, -0.15) is 0 Å². The molecule has 1 aliphatic carbocycles. The van der Waals surface area contributed by atoms with Crippen LogP contribution in [0.15, 0.2) is 188 Å². The molecule has 0 saturated carbocycles. The molecule has 11 rings (SSSR count). The summed E-state index contributed by atoms with van der Waals surface area (Å²) in [5.41, 5.74) is 8.99. The van der Waals surface area contributed by atoms with E-state index in [1.54, 1.807) is 0 Å². The van der Waals surface area contributed by atoms with Crippen LogP contribution in [0.4, 0.5) is 0 Å². The van der Waals surface area contributed by atoms with Gasteiger partial charge in [0.1, 0.15) is 0 Å². The van der Waals surface area contributed by atoms with Crippen molar-refractivity contribution >= 4 is 10.8 Å². The molecule has 1 aliphatic heterocycles. The Labute approximate surface area is 318 Å². The molecule has 0 bridgehead atoms. The summed E-state index contributed by atoms with van der Waals surface area (Å²) in [5.74, 6) is 4.35. The molecule has 5 nitrogen and oxygen atoms in total. The highest BCUT2D eigenvalue weighted by atomic mass is 16.6. The Bertz CT molecular complexity index is 2880. The smallest absolute Gasteiger partial charge is 0.178 e. The zero-order valence-corrected chi connectivity index (χ0v) is 29.6. The Kier molecular flexibility index (Phi) is 7.01. The SMILES string of the molecule is c1ccc(-c2nc(-c3ccc4c(c3)Oc3c(ccc5c3-c3ccccc3C5(c3ccccc3)c3ccccc3)O4)nc(-c3cccc4ccccc34)n2)cc1. The number of hydrogen-bond acceptors (Lipinski definition) is 5. The van der Waals surface area contributed by atoms with E-state index in [2.05, 4.69) is 115 Å². The summed E-state index contributed by atoms with van der Waals surface area (Å²) < 4.78 is 13.6.